The fourth-order valence-electron chi connectivity index (χ4n) is 1.26. The number of nitro groups is 1. The van der Waals surface area contributed by atoms with E-state index in [1.807, 2.05) is 0 Å². The van der Waals surface area contributed by atoms with Crippen LogP contribution in [0.3, 0.4) is 0 Å². The lowest BCUT2D eigenvalue weighted by atomic mass is 10.2. The van der Waals surface area contributed by atoms with Crippen LogP contribution in [-0.4, -0.2) is 19.9 Å². The van der Waals surface area contributed by atoms with Gasteiger partial charge in [0.1, 0.15) is 0 Å². The SMILES string of the molecule is Cc1ccc([N+](=O)[O-])cc1S(=O)(=O)/C=C/CN. The van der Waals surface area contributed by atoms with Crippen LogP contribution in [0.1, 0.15) is 5.56 Å². The minimum Gasteiger partial charge on any atom is -0.327 e. The van der Waals surface area contributed by atoms with Crippen molar-refractivity contribution >= 4 is 15.5 Å². The molecule has 92 valence electrons. The van der Waals surface area contributed by atoms with E-state index in [1.54, 1.807) is 6.92 Å². The van der Waals surface area contributed by atoms with E-state index in [2.05, 4.69) is 0 Å². The highest BCUT2D eigenvalue weighted by molar-refractivity contribution is 7.94. The molecule has 7 heteroatoms. The quantitative estimate of drug-likeness (QED) is 0.642. The molecular weight excluding hydrogens is 244 g/mol. The van der Waals surface area contributed by atoms with Gasteiger partial charge in [-0.2, -0.15) is 0 Å². The molecule has 0 bridgehead atoms. The average molecular weight is 256 g/mol. The number of hydrogen-bond donors (Lipinski definition) is 1. The number of aryl methyl sites for hydroxylation is 1. The largest absolute Gasteiger partial charge is 0.327 e. The molecule has 2 N–H and O–H groups in total. The topological polar surface area (TPSA) is 103 Å². The fourth-order valence-corrected chi connectivity index (χ4v) is 2.58. The lowest BCUT2D eigenvalue weighted by Gasteiger charge is -2.03. The van der Waals surface area contributed by atoms with E-state index in [-0.39, 0.29) is 17.1 Å². The summed E-state index contributed by atoms with van der Waals surface area (Å²) in [7, 11) is -3.67. The molecule has 6 nitrogen and oxygen atoms in total. The van der Waals surface area contributed by atoms with Crippen molar-refractivity contribution in [1.82, 2.24) is 0 Å². The molecule has 0 radical (unpaired) electrons. The molecule has 1 rings (SSSR count). The first kappa shape index (κ1) is 13.3. The van der Waals surface area contributed by atoms with Crippen LogP contribution in [0.25, 0.3) is 0 Å². The molecule has 0 heterocycles. The van der Waals surface area contributed by atoms with E-state index in [0.29, 0.717) is 5.56 Å². The zero-order chi connectivity index (χ0) is 13.1. The summed E-state index contributed by atoms with van der Waals surface area (Å²) in [4.78, 5) is 9.87. The fraction of sp³-hybridized carbons (Fsp3) is 0.200. The van der Waals surface area contributed by atoms with Crippen molar-refractivity contribution in [2.45, 2.75) is 11.8 Å². The van der Waals surface area contributed by atoms with Crippen molar-refractivity contribution in [2.75, 3.05) is 6.54 Å². The van der Waals surface area contributed by atoms with Crippen molar-refractivity contribution in [2.24, 2.45) is 5.73 Å². The Hall–Kier alpha value is -1.73. The highest BCUT2D eigenvalue weighted by Gasteiger charge is 2.17. The van der Waals surface area contributed by atoms with E-state index >= 15 is 0 Å². The van der Waals surface area contributed by atoms with Crippen molar-refractivity contribution in [1.29, 1.82) is 0 Å². The maximum absolute atomic E-state index is 11.8. The Kier molecular flexibility index (Phi) is 3.97. The molecule has 0 saturated heterocycles. The van der Waals surface area contributed by atoms with E-state index < -0.39 is 14.8 Å². The molecule has 0 aromatic heterocycles. The van der Waals surface area contributed by atoms with Gasteiger partial charge >= 0.3 is 0 Å². The third-order valence-corrected chi connectivity index (χ3v) is 3.70. The van der Waals surface area contributed by atoms with Crippen LogP contribution in [0.4, 0.5) is 5.69 Å². The summed E-state index contributed by atoms with van der Waals surface area (Å²) in [6.45, 7) is 1.67. The molecule has 1 aromatic rings. The number of non-ortho nitro benzene ring substituents is 1. The zero-order valence-electron chi connectivity index (χ0n) is 9.16. The molecule has 0 spiro atoms. The maximum atomic E-state index is 11.8. The van der Waals surface area contributed by atoms with E-state index in [0.717, 1.165) is 11.5 Å². The second-order valence-corrected chi connectivity index (χ2v) is 5.16. The second kappa shape index (κ2) is 5.07. The summed E-state index contributed by atoms with van der Waals surface area (Å²) in [6, 6.07) is 3.72. The molecule has 0 fully saturated rings. The van der Waals surface area contributed by atoms with E-state index in [1.165, 1.54) is 18.2 Å². The normalized spacial score (nSPS) is 11.9. The minimum atomic E-state index is -3.67. The Bertz CT molecular complexity index is 564. The average Bonchev–Trinajstić information content (AvgIpc) is 2.26. The molecular formula is C10H12N2O4S. The number of rotatable bonds is 4. The molecule has 0 saturated carbocycles. The predicted octanol–water partition coefficient (Wildman–Crippen LogP) is 1.15. The number of benzene rings is 1. The van der Waals surface area contributed by atoms with E-state index in [9.17, 15) is 18.5 Å². The minimum absolute atomic E-state index is 0.0728. The molecule has 0 atom stereocenters. The van der Waals surface area contributed by atoms with Gasteiger partial charge in [-0.05, 0) is 12.5 Å². The first-order chi connectivity index (χ1) is 7.88. The number of nitro benzene ring substituents is 1. The first-order valence-electron chi connectivity index (χ1n) is 4.75. The molecule has 1 aromatic carbocycles. The van der Waals surface area contributed by atoms with Gasteiger partial charge in [-0.15, -0.1) is 0 Å². The summed E-state index contributed by atoms with van der Waals surface area (Å²) in [5, 5.41) is 11.5. The van der Waals surface area contributed by atoms with Crippen LogP contribution in [0.5, 0.6) is 0 Å². The number of hydrogen-bond acceptors (Lipinski definition) is 5. The van der Waals surface area contributed by atoms with Crippen molar-refractivity contribution in [3.05, 3.63) is 45.4 Å². The highest BCUT2D eigenvalue weighted by atomic mass is 32.2. The summed E-state index contributed by atoms with van der Waals surface area (Å²) in [6.07, 6.45) is 1.29. The number of nitrogens with zero attached hydrogens (tertiary/aromatic N) is 1. The van der Waals surface area contributed by atoms with Gasteiger partial charge in [-0.25, -0.2) is 8.42 Å². The predicted molar refractivity (Wildman–Crippen MR) is 63.2 cm³/mol. The smallest absolute Gasteiger partial charge is 0.270 e. The first-order valence-corrected chi connectivity index (χ1v) is 6.30. The van der Waals surface area contributed by atoms with Crippen LogP contribution in [0, 0.1) is 17.0 Å². The molecule has 0 unspecified atom stereocenters. The highest BCUT2D eigenvalue weighted by Crippen LogP contribution is 2.23. The second-order valence-electron chi connectivity index (χ2n) is 3.36. The number of sulfone groups is 1. The molecule has 0 aliphatic carbocycles. The molecule has 0 amide bonds. The molecule has 0 aliphatic rings. The Labute approximate surface area is 98.8 Å². The van der Waals surface area contributed by atoms with Crippen LogP contribution in [0.15, 0.2) is 34.6 Å². The lowest BCUT2D eigenvalue weighted by molar-refractivity contribution is -0.385. The molecule has 0 aliphatic heterocycles. The van der Waals surface area contributed by atoms with Crippen LogP contribution < -0.4 is 5.73 Å². The number of nitrogens with two attached hydrogens (primary N) is 1. The van der Waals surface area contributed by atoms with Gasteiger partial charge in [-0.3, -0.25) is 10.1 Å². The van der Waals surface area contributed by atoms with Crippen LogP contribution in [0.2, 0.25) is 0 Å². The van der Waals surface area contributed by atoms with Gasteiger partial charge < -0.3 is 5.73 Å². The van der Waals surface area contributed by atoms with Crippen molar-refractivity contribution in [3.8, 4) is 0 Å². The Morgan fingerprint density at radius 2 is 2.12 bits per heavy atom. The van der Waals surface area contributed by atoms with Crippen LogP contribution in [-0.2, 0) is 9.84 Å². The van der Waals surface area contributed by atoms with Gasteiger partial charge in [0, 0.05) is 24.1 Å². The monoisotopic (exact) mass is 256 g/mol. The lowest BCUT2D eigenvalue weighted by Crippen LogP contribution is -2.02. The summed E-state index contributed by atoms with van der Waals surface area (Å²) in [5.74, 6) is 0. The summed E-state index contributed by atoms with van der Waals surface area (Å²) >= 11 is 0. The van der Waals surface area contributed by atoms with E-state index in [4.69, 9.17) is 5.73 Å². The van der Waals surface area contributed by atoms with Crippen LogP contribution >= 0.6 is 0 Å². The van der Waals surface area contributed by atoms with Gasteiger partial charge in [-0.1, -0.05) is 12.1 Å². The third-order valence-electron chi connectivity index (χ3n) is 2.10. The van der Waals surface area contributed by atoms with Gasteiger partial charge in [0.05, 0.1) is 9.82 Å². The zero-order valence-corrected chi connectivity index (χ0v) is 9.98. The van der Waals surface area contributed by atoms with Gasteiger partial charge in [0.15, 0.2) is 9.84 Å². The van der Waals surface area contributed by atoms with Crippen molar-refractivity contribution < 1.29 is 13.3 Å². The maximum Gasteiger partial charge on any atom is 0.270 e. The Morgan fingerprint density at radius 1 is 1.47 bits per heavy atom. The summed E-state index contributed by atoms with van der Waals surface area (Å²) in [5.41, 5.74) is 5.37. The molecule has 17 heavy (non-hydrogen) atoms. The Morgan fingerprint density at radius 3 is 2.65 bits per heavy atom. The van der Waals surface area contributed by atoms with Gasteiger partial charge in [0.2, 0.25) is 0 Å². The summed E-state index contributed by atoms with van der Waals surface area (Å²) < 4.78 is 23.6. The Balaban J connectivity index is 3.35. The van der Waals surface area contributed by atoms with Crippen molar-refractivity contribution in [3.63, 3.8) is 0 Å². The standard InChI is InChI=1S/C10H12N2O4S/c1-8-3-4-9(12(13)14)7-10(8)17(15,16)6-2-5-11/h2-4,6-7H,5,11H2,1H3/b6-2+. The third kappa shape index (κ3) is 3.11. The van der Waals surface area contributed by atoms with Gasteiger partial charge in [0.25, 0.3) is 5.69 Å².